The second-order valence-corrected chi connectivity index (χ2v) is 6.12. The van der Waals surface area contributed by atoms with E-state index < -0.39 is 0 Å². The number of nitrogens with zero attached hydrogens (tertiary/aromatic N) is 1. The first-order chi connectivity index (χ1) is 12.0. The zero-order chi connectivity index (χ0) is 18.2. The molecular weight excluding hydrogens is 363 g/mol. The number of rotatable bonds is 7. The summed E-state index contributed by atoms with van der Waals surface area (Å²) in [7, 11) is 0. The van der Waals surface area contributed by atoms with E-state index in [1.54, 1.807) is 49.4 Å². The van der Waals surface area contributed by atoms with Crippen LogP contribution in [-0.2, 0) is 4.79 Å². The van der Waals surface area contributed by atoms with Gasteiger partial charge in [-0.2, -0.15) is 5.10 Å². The summed E-state index contributed by atoms with van der Waals surface area (Å²) in [6, 6.07) is 11.8. The van der Waals surface area contributed by atoms with Gasteiger partial charge in [-0.1, -0.05) is 35.3 Å². The van der Waals surface area contributed by atoms with Crippen LogP contribution in [0.25, 0.3) is 0 Å². The summed E-state index contributed by atoms with van der Waals surface area (Å²) in [6.07, 6.45) is 0.763. The van der Waals surface area contributed by atoms with Crippen LogP contribution in [0.4, 0.5) is 0 Å². The van der Waals surface area contributed by atoms with Gasteiger partial charge in [0.05, 0.1) is 17.3 Å². The monoisotopic (exact) mass is 380 g/mol. The molecule has 2 aromatic carbocycles. The maximum absolute atomic E-state index is 11.8. The standard InChI is InChI=1S/C18H18Cl2N2O3/c1-12(14-5-2-3-6-16(14)23)21-22-18(24)7-4-10-25-17-9-8-13(19)11-15(17)20/h2-3,5-6,8-9,11,23H,4,7,10H2,1H3,(H,22,24)/b21-12-. The van der Waals surface area contributed by atoms with E-state index in [4.69, 9.17) is 27.9 Å². The number of para-hydroxylation sites is 1. The van der Waals surface area contributed by atoms with Gasteiger partial charge in [-0.05, 0) is 43.7 Å². The summed E-state index contributed by atoms with van der Waals surface area (Å²) in [5.74, 6) is 0.409. The molecule has 2 N–H and O–H groups in total. The van der Waals surface area contributed by atoms with Gasteiger partial charge < -0.3 is 9.84 Å². The highest BCUT2D eigenvalue weighted by molar-refractivity contribution is 6.35. The first-order valence-electron chi connectivity index (χ1n) is 7.66. The van der Waals surface area contributed by atoms with Crippen molar-refractivity contribution in [2.45, 2.75) is 19.8 Å². The van der Waals surface area contributed by atoms with E-state index in [1.165, 1.54) is 0 Å². The minimum Gasteiger partial charge on any atom is -0.507 e. The summed E-state index contributed by atoms with van der Waals surface area (Å²) in [5.41, 5.74) is 3.56. The van der Waals surface area contributed by atoms with Crippen LogP contribution in [0.15, 0.2) is 47.6 Å². The molecular formula is C18H18Cl2N2O3. The third-order valence-corrected chi connectivity index (χ3v) is 3.87. The van der Waals surface area contributed by atoms with Gasteiger partial charge in [0.25, 0.3) is 0 Å². The maximum atomic E-state index is 11.8. The zero-order valence-corrected chi connectivity index (χ0v) is 15.1. The highest BCUT2D eigenvalue weighted by Gasteiger charge is 2.06. The molecule has 0 unspecified atom stereocenters. The van der Waals surface area contributed by atoms with Crippen LogP contribution in [0, 0.1) is 0 Å². The molecule has 0 spiro atoms. The number of hydrogen-bond donors (Lipinski definition) is 2. The van der Waals surface area contributed by atoms with E-state index in [0.717, 1.165) is 0 Å². The SMILES string of the molecule is C/C(=N/NC(=O)CCCOc1ccc(Cl)cc1Cl)c1ccccc1O. The third kappa shape index (κ3) is 5.96. The number of ether oxygens (including phenoxy) is 1. The number of halogens is 2. The predicted octanol–water partition coefficient (Wildman–Crippen LogP) is 4.40. The van der Waals surface area contributed by atoms with Crippen LogP contribution in [0.1, 0.15) is 25.3 Å². The van der Waals surface area contributed by atoms with Crippen molar-refractivity contribution in [2.24, 2.45) is 5.10 Å². The molecule has 5 nitrogen and oxygen atoms in total. The number of carbonyl (C=O) groups is 1. The minimum atomic E-state index is -0.236. The van der Waals surface area contributed by atoms with Crippen LogP contribution in [-0.4, -0.2) is 23.3 Å². The number of phenols is 1. The molecule has 0 heterocycles. The van der Waals surface area contributed by atoms with Crippen molar-refractivity contribution in [1.29, 1.82) is 0 Å². The molecule has 0 aliphatic carbocycles. The smallest absolute Gasteiger partial charge is 0.240 e. The van der Waals surface area contributed by atoms with Crippen LogP contribution in [0.5, 0.6) is 11.5 Å². The molecule has 0 aromatic heterocycles. The summed E-state index contributed by atoms with van der Waals surface area (Å²) < 4.78 is 5.51. The molecule has 0 saturated heterocycles. The fraction of sp³-hybridized carbons (Fsp3) is 0.222. The lowest BCUT2D eigenvalue weighted by atomic mass is 10.1. The molecule has 2 aromatic rings. The summed E-state index contributed by atoms with van der Waals surface area (Å²) in [5, 5.41) is 14.7. The molecule has 0 radical (unpaired) electrons. The quantitative estimate of drug-likeness (QED) is 0.424. The lowest BCUT2D eigenvalue weighted by Crippen LogP contribution is -2.19. The molecule has 2 rings (SSSR count). The molecule has 1 amide bonds. The van der Waals surface area contributed by atoms with Gasteiger partial charge in [-0.15, -0.1) is 0 Å². The lowest BCUT2D eigenvalue weighted by molar-refractivity contribution is -0.121. The first-order valence-corrected chi connectivity index (χ1v) is 8.42. The van der Waals surface area contributed by atoms with Crippen LogP contribution < -0.4 is 10.2 Å². The Hall–Kier alpha value is -2.24. The number of nitrogens with one attached hydrogen (secondary N) is 1. The van der Waals surface area contributed by atoms with E-state index in [2.05, 4.69) is 10.5 Å². The molecule has 132 valence electrons. The average molecular weight is 381 g/mol. The van der Waals surface area contributed by atoms with Gasteiger partial charge in [0, 0.05) is 17.0 Å². The van der Waals surface area contributed by atoms with E-state index in [9.17, 15) is 9.90 Å². The average Bonchev–Trinajstić information content (AvgIpc) is 2.58. The molecule has 0 atom stereocenters. The normalized spacial score (nSPS) is 11.2. The van der Waals surface area contributed by atoms with E-state index in [-0.39, 0.29) is 18.1 Å². The minimum absolute atomic E-state index is 0.117. The second kappa shape index (κ2) is 9.30. The fourth-order valence-corrected chi connectivity index (χ4v) is 2.51. The largest absolute Gasteiger partial charge is 0.507 e. The van der Waals surface area contributed by atoms with Crippen LogP contribution >= 0.6 is 23.2 Å². The van der Waals surface area contributed by atoms with E-state index in [1.807, 2.05) is 0 Å². The molecule has 7 heteroatoms. The Bertz CT molecular complexity index is 779. The molecule has 0 saturated carbocycles. The Morgan fingerprint density at radius 1 is 1.24 bits per heavy atom. The highest BCUT2D eigenvalue weighted by Crippen LogP contribution is 2.27. The Labute approximate surface area is 156 Å². The van der Waals surface area contributed by atoms with Crippen molar-refractivity contribution in [3.63, 3.8) is 0 Å². The van der Waals surface area contributed by atoms with Gasteiger partial charge >= 0.3 is 0 Å². The number of hydrazone groups is 1. The number of hydrogen-bond acceptors (Lipinski definition) is 4. The first kappa shape index (κ1) is 19.1. The topological polar surface area (TPSA) is 70.9 Å². The zero-order valence-electron chi connectivity index (χ0n) is 13.6. The van der Waals surface area contributed by atoms with Crippen molar-refractivity contribution in [2.75, 3.05) is 6.61 Å². The van der Waals surface area contributed by atoms with Crippen LogP contribution in [0.3, 0.4) is 0 Å². The number of phenolic OH excluding ortho intramolecular Hbond substituents is 1. The van der Waals surface area contributed by atoms with E-state index >= 15 is 0 Å². The van der Waals surface area contributed by atoms with Crippen LogP contribution in [0.2, 0.25) is 10.0 Å². The number of amides is 1. The van der Waals surface area contributed by atoms with Gasteiger partial charge in [0.15, 0.2) is 0 Å². The Morgan fingerprint density at radius 2 is 2.00 bits per heavy atom. The van der Waals surface area contributed by atoms with Crippen molar-refractivity contribution in [3.05, 3.63) is 58.1 Å². The van der Waals surface area contributed by atoms with Gasteiger partial charge in [-0.3, -0.25) is 4.79 Å². The molecule has 0 aliphatic heterocycles. The second-order valence-electron chi connectivity index (χ2n) is 5.28. The Kier molecular flexibility index (Phi) is 7.10. The number of benzene rings is 2. The van der Waals surface area contributed by atoms with Gasteiger partial charge in [-0.25, -0.2) is 5.43 Å². The highest BCUT2D eigenvalue weighted by atomic mass is 35.5. The Balaban J connectivity index is 1.75. The number of aromatic hydroxyl groups is 1. The van der Waals surface area contributed by atoms with E-state index in [0.29, 0.717) is 40.1 Å². The molecule has 25 heavy (non-hydrogen) atoms. The third-order valence-electron chi connectivity index (χ3n) is 3.34. The van der Waals surface area contributed by atoms with Crippen molar-refractivity contribution >= 4 is 34.8 Å². The maximum Gasteiger partial charge on any atom is 0.240 e. The van der Waals surface area contributed by atoms with Gasteiger partial charge in [0.2, 0.25) is 5.91 Å². The summed E-state index contributed by atoms with van der Waals surface area (Å²) >= 11 is 11.8. The predicted molar refractivity (Wildman–Crippen MR) is 99.7 cm³/mol. The van der Waals surface area contributed by atoms with Gasteiger partial charge in [0.1, 0.15) is 11.5 Å². The molecule has 0 aliphatic rings. The van der Waals surface area contributed by atoms with Crippen molar-refractivity contribution in [1.82, 2.24) is 5.43 Å². The molecule has 0 bridgehead atoms. The molecule has 0 fully saturated rings. The summed E-state index contributed by atoms with van der Waals surface area (Å²) in [4.78, 5) is 11.8. The van der Waals surface area contributed by atoms with Crippen molar-refractivity contribution < 1.29 is 14.6 Å². The Morgan fingerprint density at radius 3 is 2.72 bits per heavy atom. The number of carbonyl (C=O) groups excluding carboxylic acids is 1. The fourth-order valence-electron chi connectivity index (χ4n) is 2.05. The van der Waals surface area contributed by atoms with Crippen molar-refractivity contribution in [3.8, 4) is 11.5 Å². The summed E-state index contributed by atoms with van der Waals surface area (Å²) in [6.45, 7) is 2.05. The lowest BCUT2D eigenvalue weighted by Gasteiger charge is -2.08.